The molecule has 134 valence electrons. The van der Waals surface area contributed by atoms with Crippen LogP contribution in [0.25, 0.3) is 0 Å². The van der Waals surface area contributed by atoms with Crippen molar-refractivity contribution < 1.29 is 9.59 Å². The van der Waals surface area contributed by atoms with Crippen LogP contribution >= 0.6 is 15.9 Å². The monoisotopic (exact) mass is 421 g/mol. The summed E-state index contributed by atoms with van der Waals surface area (Å²) in [5.74, 6) is -0.542. The molecule has 0 saturated heterocycles. The third-order valence-electron chi connectivity index (χ3n) is 3.69. The molecule has 0 aliphatic rings. The van der Waals surface area contributed by atoms with Gasteiger partial charge in [-0.3, -0.25) is 9.59 Å². The van der Waals surface area contributed by atoms with Crippen LogP contribution in [0.15, 0.2) is 88.4 Å². The van der Waals surface area contributed by atoms with Gasteiger partial charge in [0.25, 0.3) is 11.8 Å². The number of nitrogens with one attached hydrogen (secondary N) is 2. The molecule has 0 atom stereocenters. The molecule has 2 N–H and O–H groups in total. The molecular formula is C21H16BrN3O2. The normalized spacial score (nSPS) is 10.6. The molecular weight excluding hydrogens is 406 g/mol. The lowest BCUT2D eigenvalue weighted by atomic mass is 10.1. The Morgan fingerprint density at radius 2 is 1.37 bits per heavy atom. The number of rotatable bonds is 5. The first kappa shape index (κ1) is 18.5. The van der Waals surface area contributed by atoms with Crippen molar-refractivity contribution in [2.75, 3.05) is 5.32 Å². The van der Waals surface area contributed by atoms with E-state index in [1.165, 1.54) is 0 Å². The number of anilines is 1. The number of hydrazone groups is 1. The first-order valence-electron chi connectivity index (χ1n) is 8.17. The van der Waals surface area contributed by atoms with Gasteiger partial charge in [0.15, 0.2) is 0 Å². The maximum atomic E-state index is 12.2. The summed E-state index contributed by atoms with van der Waals surface area (Å²) >= 11 is 3.33. The summed E-state index contributed by atoms with van der Waals surface area (Å²) in [4.78, 5) is 24.3. The van der Waals surface area contributed by atoms with E-state index in [1.54, 1.807) is 54.7 Å². The van der Waals surface area contributed by atoms with E-state index in [0.29, 0.717) is 16.8 Å². The van der Waals surface area contributed by atoms with Crippen molar-refractivity contribution in [3.8, 4) is 0 Å². The molecule has 2 amide bonds. The van der Waals surface area contributed by atoms with Crippen LogP contribution in [0, 0.1) is 0 Å². The minimum atomic E-state index is -0.326. The van der Waals surface area contributed by atoms with E-state index in [0.717, 1.165) is 10.0 Å². The van der Waals surface area contributed by atoms with Crippen LogP contribution in [0.4, 0.5) is 5.69 Å². The van der Waals surface area contributed by atoms with Crippen molar-refractivity contribution in [2.24, 2.45) is 5.10 Å². The molecule has 0 aliphatic carbocycles. The Morgan fingerprint density at radius 3 is 2.04 bits per heavy atom. The zero-order chi connectivity index (χ0) is 19.1. The van der Waals surface area contributed by atoms with Crippen LogP contribution in [0.2, 0.25) is 0 Å². The SMILES string of the molecule is O=C(N/N=C/c1ccccc1)c1ccc(NC(=O)c2ccc(Br)cc2)cc1. The average Bonchev–Trinajstić information content (AvgIpc) is 2.70. The summed E-state index contributed by atoms with van der Waals surface area (Å²) in [6, 6.07) is 23.1. The Kier molecular flexibility index (Phi) is 6.12. The summed E-state index contributed by atoms with van der Waals surface area (Å²) in [7, 11) is 0. The van der Waals surface area contributed by atoms with Crippen LogP contribution in [0.5, 0.6) is 0 Å². The largest absolute Gasteiger partial charge is 0.322 e. The molecule has 0 spiro atoms. The molecule has 3 aromatic carbocycles. The van der Waals surface area contributed by atoms with Crippen molar-refractivity contribution in [3.63, 3.8) is 0 Å². The standard InChI is InChI=1S/C21H16BrN3O2/c22-18-10-6-16(7-11-18)20(26)24-19-12-8-17(9-13-19)21(27)25-23-14-15-4-2-1-3-5-15/h1-14H,(H,24,26)(H,25,27)/b23-14+. The lowest BCUT2D eigenvalue weighted by Gasteiger charge is -2.06. The molecule has 0 bridgehead atoms. The Balaban J connectivity index is 1.57. The number of hydrogen-bond donors (Lipinski definition) is 2. The van der Waals surface area contributed by atoms with E-state index >= 15 is 0 Å². The summed E-state index contributed by atoms with van der Waals surface area (Å²) in [5, 5.41) is 6.73. The second kappa shape index (κ2) is 8.91. The minimum Gasteiger partial charge on any atom is -0.322 e. The molecule has 0 aliphatic heterocycles. The smallest absolute Gasteiger partial charge is 0.271 e. The van der Waals surface area contributed by atoms with Crippen LogP contribution in [0.3, 0.4) is 0 Å². The number of nitrogens with zero attached hydrogens (tertiary/aromatic N) is 1. The third kappa shape index (κ3) is 5.36. The van der Waals surface area contributed by atoms with Crippen LogP contribution < -0.4 is 10.7 Å². The van der Waals surface area contributed by atoms with Crippen LogP contribution in [0.1, 0.15) is 26.3 Å². The van der Waals surface area contributed by atoms with Gasteiger partial charge in [0.1, 0.15) is 0 Å². The summed E-state index contributed by atoms with van der Waals surface area (Å²) in [6.07, 6.45) is 1.57. The number of halogens is 1. The lowest BCUT2D eigenvalue weighted by molar-refractivity contribution is 0.0954. The zero-order valence-electron chi connectivity index (χ0n) is 14.2. The van der Waals surface area contributed by atoms with E-state index in [1.807, 2.05) is 30.3 Å². The average molecular weight is 422 g/mol. The fourth-order valence-corrected chi connectivity index (χ4v) is 2.54. The zero-order valence-corrected chi connectivity index (χ0v) is 15.8. The predicted molar refractivity (Wildman–Crippen MR) is 110 cm³/mol. The Bertz CT molecular complexity index is 953. The number of carbonyl (C=O) groups is 2. The molecule has 5 nitrogen and oxygen atoms in total. The highest BCUT2D eigenvalue weighted by Gasteiger charge is 2.08. The van der Waals surface area contributed by atoms with Crippen LogP contribution in [-0.4, -0.2) is 18.0 Å². The van der Waals surface area contributed by atoms with Gasteiger partial charge in [-0.2, -0.15) is 5.10 Å². The quantitative estimate of drug-likeness (QED) is 0.471. The first-order valence-corrected chi connectivity index (χ1v) is 8.96. The van der Waals surface area contributed by atoms with E-state index in [-0.39, 0.29) is 11.8 Å². The van der Waals surface area contributed by atoms with Gasteiger partial charge in [0.2, 0.25) is 0 Å². The maximum absolute atomic E-state index is 12.2. The fourth-order valence-electron chi connectivity index (χ4n) is 2.28. The fraction of sp³-hybridized carbons (Fsp3) is 0. The molecule has 3 rings (SSSR count). The first-order chi connectivity index (χ1) is 13.1. The molecule has 0 fully saturated rings. The lowest BCUT2D eigenvalue weighted by Crippen LogP contribution is -2.17. The van der Waals surface area contributed by atoms with Gasteiger partial charge in [0, 0.05) is 21.3 Å². The van der Waals surface area contributed by atoms with Gasteiger partial charge in [0.05, 0.1) is 6.21 Å². The Hall–Kier alpha value is -3.25. The van der Waals surface area contributed by atoms with E-state index < -0.39 is 0 Å². The predicted octanol–water partition coefficient (Wildman–Crippen LogP) is 4.47. The molecule has 0 heterocycles. The van der Waals surface area contributed by atoms with Crippen molar-refractivity contribution in [1.82, 2.24) is 5.43 Å². The molecule has 0 unspecified atom stereocenters. The molecule has 3 aromatic rings. The number of benzene rings is 3. The highest BCUT2D eigenvalue weighted by molar-refractivity contribution is 9.10. The molecule has 6 heteroatoms. The van der Waals surface area contributed by atoms with Gasteiger partial charge in [-0.15, -0.1) is 0 Å². The third-order valence-corrected chi connectivity index (χ3v) is 4.22. The number of carbonyl (C=O) groups excluding carboxylic acids is 2. The van der Waals surface area contributed by atoms with E-state index in [2.05, 4.69) is 31.8 Å². The second-order valence-electron chi connectivity index (χ2n) is 5.65. The van der Waals surface area contributed by atoms with Crippen molar-refractivity contribution in [1.29, 1.82) is 0 Å². The minimum absolute atomic E-state index is 0.216. The van der Waals surface area contributed by atoms with E-state index in [9.17, 15) is 9.59 Å². The second-order valence-corrected chi connectivity index (χ2v) is 6.56. The topological polar surface area (TPSA) is 70.6 Å². The van der Waals surface area contributed by atoms with Crippen molar-refractivity contribution in [2.45, 2.75) is 0 Å². The number of amides is 2. The highest BCUT2D eigenvalue weighted by Crippen LogP contribution is 2.14. The van der Waals surface area contributed by atoms with Crippen molar-refractivity contribution in [3.05, 3.63) is 100 Å². The Labute approximate surface area is 165 Å². The summed E-state index contributed by atoms with van der Waals surface area (Å²) in [5.41, 5.74) is 4.97. The van der Waals surface area contributed by atoms with Crippen molar-refractivity contribution >= 4 is 39.6 Å². The van der Waals surface area contributed by atoms with Crippen LogP contribution in [-0.2, 0) is 0 Å². The van der Waals surface area contributed by atoms with Gasteiger partial charge >= 0.3 is 0 Å². The number of hydrogen-bond acceptors (Lipinski definition) is 3. The molecule has 0 aromatic heterocycles. The van der Waals surface area contributed by atoms with Gasteiger partial charge < -0.3 is 5.32 Å². The van der Waals surface area contributed by atoms with Gasteiger partial charge in [-0.1, -0.05) is 46.3 Å². The summed E-state index contributed by atoms with van der Waals surface area (Å²) in [6.45, 7) is 0. The summed E-state index contributed by atoms with van der Waals surface area (Å²) < 4.78 is 0.907. The van der Waals surface area contributed by atoms with Gasteiger partial charge in [-0.25, -0.2) is 5.43 Å². The molecule has 27 heavy (non-hydrogen) atoms. The molecule has 0 radical (unpaired) electrons. The Morgan fingerprint density at radius 1 is 0.778 bits per heavy atom. The van der Waals surface area contributed by atoms with E-state index in [4.69, 9.17) is 0 Å². The highest BCUT2D eigenvalue weighted by atomic mass is 79.9. The maximum Gasteiger partial charge on any atom is 0.271 e. The molecule has 0 saturated carbocycles. The van der Waals surface area contributed by atoms with Gasteiger partial charge in [-0.05, 0) is 54.1 Å².